The van der Waals surface area contributed by atoms with Crippen LogP contribution in [0.2, 0.25) is 0 Å². The molecule has 5 nitrogen and oxygen atoms in total. The number of aromatic nitrogens is 3. The Morgan fingerprint density at radius 2 is 2.40 bits per heavy atom. The van der Waals surface area contributed by atoms with Crippen LogP contribution in [0.1, 0.15) is 13.3 Å². The maximum Gasteiger partial charge on any atom is 0.313 e. The lowest BCUT2D eigenvalue weighted by Crippen LogP contribution is -2.05. The summed E-state index contributed by atoms with van der Waals surface area (Å²) >= 11 is 4.64. The zero-order valence-electron chi connectivity index (χ0n) is 10.9. The average molecular weight is 356 g/mol. The van der Waals surface area contributed by atoms with Gasteiger partial charge in [0.15, 0.2) is 10.8 Å². The molecule has 2 aromatic rings. The van der Waals surface area contributed by atoms with Gasteiger partial charge in [0.2, 0.25) is 0 Å². The van der Waals surface area contributed by atoms with E-state index in [1.54, 1.807) is 6.20 Å². The minimum Gasteiger partial charge on any atom is -0.481 e. The first kappa shape index (κ1) is 13.9. The smallest absolute Gasteiger partial charge is 0.313 e. The number of imidazole rings is 1. The second-order valence-corrected chi connectivity index (χ2v) is 7.01. The standard InChI is InChI=1S/C13H14BrN3O2S/c1-7-2-8(7)5-17-12-10(3-9(14)4-15-12)16-13(17)20-6-11(18)19/h3-4,7-8H,2,5-6H2,1H3,(H,18,19). The fraction of sp³-hybridized carbons (Fsp3) is 0.462. The fourth-order valence-corrected chi connectivity index (χ4v) is 3.31. The minimum atomic E-state index is -0.831. The molecule has 2 unspecified atom stereocenters. The molecule has 106 valence electrons. The Kier molecular flexibility index (Phi) is 3.72. The van der Waals surface area contributed by atoms with E-state index in [4.69, 9.17) is 5.11 Å². The van der Waals surface area contributed by atoms with Gasteiger partial charge in [-0.3, -0.25) is 4.79 Å². The highest BCUT2D eigenvalue weighted by atomic mass is 79.9. The van der Waals surface area contributed by atoms with Crippen molar-refractivity contribution in [2.24, 2.45) is 11.8 Å². The van der Waals surface area contributed by atoms with Crippen LogP contribution in [-0.4, -0.2) is 31.4 Å². The number of carboxylic acid groups (broad SMARTS) is 1. The van der Waals surface area contributed by atoms with Gasteiger partial charge in [-0.25, -0.2) is 9.97 Å². The third-order valence-electron chi connectivity index (χ3n) is 3.53. The molecule has 2 aromatic heterocycles. The molecule has 1 aliphatic carbocycles. The van der Waals surface area contributed by atoms with Crippen LogP contribution in [0, 0.1) is 11.8 Å². The van der Waals surface area contributed by atoms with Crippen LogP contribution < -0.4 is 0 Å². The largest absolute Gasteiger partial charge is 0.481 e. The number of fused-ring (bicyclic) bond motifs is 1. The average Bonchev–Trinajstić information content (AvgIpc) is 2.96. The number of rotatable bonds is 5. The first-order valence-electron chi connectivity index (χ1n) is 6.41. The zero-order chi connectivity index (χ0) is 14.3. The summed E-state index contributed by atoms with van der Waals surface area (Å²) in [7, 11) is 0. The van der Waals surface area contributed by atoms with Crippen LogP contribution >= 0.6 is 27.7 Å². The molecular formula is C13H14BrN3O2S. The quantitative estimate of drug-likeness (QED) is 0.834. The third-order valence-corrected chi connectivity index (χ3v) is 4.93. The second-order valence-electron chi connectivity index (χ2n) is 5.16. The molecular weight excluding hydrogens is 342 g/mol. The van der Waals surface area contributed by atoms with Crippen molar-refractivity contribution in [2.45, 2.75) is 25.0 Å². The number of hydrogen-bond donors (Lipinski definition) is 1. The lowest BCUT2D eigenvalue weighted by atomic mass is 10.3. The highest BCUT2D eigenvalue weighted by Gasteiger charge is 2.33. The van der Waals surface area contributed by atoms with Crippen LogP contribution in [0.25, 0.3) is 11.2 Å². The number of thioether (sulfide) groups is 1. The Bertz CT molecular complexity index is 673. The van der Waals surface area contributed by atoms with Gasteiger partial charge in [0, 0.05) is 17.2 Å². The number of pyridine rings is 1. The number of aliphatic carboxylic acids is 1. The van der Waals surface area contributed by atoms with Crippen molar-refractivity contribution < 1.29 is 9.90 Å². The lowest BCUT2D eigenvalue weighted by Gasteiger charge is -2.06. The number of hydrogen-bond acceptors (Lipinski definition) is 4. The predicted molar refractivity (Wildman–Crippen MR) is 80.9 cm³/mol. The molecule has 20 heavy (non-hydrogen) atoms. The molecule has 0 spiro atoms. The third kappa shape index (κ3) is 2.83. The number of halogens is 1. The van der Waals surface area contributed by atoms with Gasteiger partial charge in [-0.15, -0.1) is 0 Å². The van der Waals surface area contributed by atoms with E-state index >= 15 is 0 Å². The van der Waals surface area contributed by atoms with Crippen molar-refractivity contribution in [3.63, 3.8) is 0 Å². The van der Waals surface area contributed by atoms with E-state index in [1.807, 2.05) is 6.07 Å². The maximum atomic E-state index is 10.8. The SMILES string of the molecule is CC1CC1Cn1c(SCC(=O)O)nc2cc(Br)cnc21. The van der Waals surface area contributed by atoms with Crippen LogP contribution in [0.3, 0.4) is 0 Å². The summed E-state index contributed by atoms with van der Waals surface area (Å²) in [4.78, 5) is 19.7. The van der Waals surface area contributed by atoms with Gasteiger partial charge in [-0.2, -0.15) is 0 Å². The summed E-state index contributed by atoms with van der Waals surface area (Å²) in [6, 6.07) is 1.92. The Morgan fingerprint density at radius 1 is 1.65 bits per heavy atom. The number of carboxylic acids is 1. The van der Waals surface area contributed by atoms with E-state index < -0.39 is 5.97 Å². The molecule has 7 heteroatoms. The topological polar surface area (TPSA) is 68.0 Å². The number of nitrogens with zero attached hydrogens (tertiary/aromatic N) is 3. The van der Waals surface area contributed by atoms with Crippen molar-refractivity contribution in [2.75, 3.05) is 5.75 Å². The molecule has 2 heterocycles. The zero-order valence-corrected chi connectivity index (χ0v) is 13.3. The van der Waals surface area contributed by atoms with E-state index in [0.29, 0.717) is 5.92 Å². The van der Waals surface area contributed by atoms with Gasteiger partial charge in [0.1, 0.15) is 5.52 Å². The molecule has 1 saturated carbocycles. The van der Waals surface area contributed by atoms with Crippen LogP contribution in [0.5, 0.6) is 0 Å². The van der Waals surface area contributed by atoms with Gasteiger partial charge in [-0.1, -0.05) is 18.7 Å². The molecule has 0 amide bonds. The summed E-state index contributed by atoms with van der Waals surface area (Å²) in [6.07, 6.45) is 2.97. The molecule has 0 aromatic carbocycles. The van der Waals surface area contributed by atoms with Crippen molar-refractivity contribution in [1.29, 1.82) is 0 Å². The van der Waals surface area contributed by atoms with Crippen molar-refractivity contribution in [3.05, 3.63) is 16.7 Å². The van der Waals surface area contributed by atoms with Gasteiger partial charge < -0.3 is 9.67 Å². The predicted octanol–water partition coefficient (Wildman–Crippen LogP) is 3.03. The van der Waals surface area contributed by atoms with E-state index in [2.05, 4.69) is 37.4 Å². The van der Waals surface area contributed by atoms with E-state index in [1.165, 1.54) is 18.2 Å². The summed E-state index contributed by atoms with van der Waals surface area (Å²) in [5.74, 6) is 0.579. The van der Waals surface area contributed by atoms with E-state index in [0.717, 1.165) is 33.3 Å². The Labute approximate surface area is 128 Å². The first-order valence-corrected chi connectivity index (χ1v) is 8.19. The highest BCUT2D eigenvalue weighted by Crippen LogP contribution is 2.40. The monoisotopic (exact) mass is 355 g/mol. The van der Waals surface area contributed by atoms with Crippen molar-refractivity contribution >= 4 is 44.8 Å². The molecule has 0 aliphatic heterocycles. The molecule has 1 aliphatic rings. The highest BCUT2D eigenvalue weighted by molar-refractivity contribution is 9.10. The summed E-state index contributed by atoms with van der Waals surface area (Å²) in [5, 5.41) is 9.58. The maximum absolute atomic E-state index is 10.8. The Balaban J connectivity index is 1.96. The summed E-state index contributed by atoms with van der Waals surface area (Å²) in [6.45, 7) is 3.10. The summed E-state index contributed by atoms with van der Waals surface area (Å²) < 4.78 is 2.94. The normalized spacial score (nSPS) is 21.3. The van der Waals surface area contributed by atoms with Crippen LogP contribution in [0.15, 0.2) is 21.9 Å². The van der Waals surface area contributed by atoms with Crippen molar-refractivity contribution in [3.8, 4) is 0 Å². The van der Waals surface area contributed by atoms with Gasteiger partial charge in [-0.05, 0) is 40.3 Å². The molecule has 3 rings (SSSR count). The number of carbonyl (C=O) groups is 1. The Morgan fingerprint density at radius 3 is 3.05 bits per heavy atom. The fourth-order valence-electron chi connectivity index (χ4n) is 2.25. The van der Waals surface area contributed by atoms with Crippen LogP contribution in [0.4, 0.5) is 0 Å². The molecule has 1 fully saturated rings. The van der Waals surface area contributed by atoms with E-state index in [9.17, 15) is 4.79 Å². The second kappa shape index (κ2) is 5.37. The minimum absolute atomic E-state index is 0.0186. The molecule has 0 bridgehead atoms. The summed E-state index contributed by atoms with van der Waals surface area (Å²) in [5.41, 5.74) is 1.64. The molecule has 0 radical (unpaired) electrons. The lowest BCUT2D eigenvalue weighted by molar-refractivity contribution is -0.133. The van der Waals surface area contributed by atoms with Crippen molar-refractivity contribution in [1.82, 2.24) is 14.5 Å². The Hall–Kier alpha value is -1.08. The van der Waals surface area contributed by atoms with Gasteiger partial charge in [0.25, 0.3) is 0 Å². The molecule has 1 N–H and O–H groups in total. The molecule has 0 saturated heterocycles. The first-order chi connectivity index (χ1) is 9.54. The molecule has 2 atom stereocenters. The van der Waals surface area contributed by atoms with Crippen LogP contribution in [-0.2, 0) is 11.3 Å². The van der Waals surface area contributed by atoms with E-state index in [-0.39, 0.29) is 5.75 Å². The van der Waals surface area contributed by atoms with Gasteiger partial charge in [0.05, 0.1) is 5.75 Å². The van der Waals surface area contributed by atoms with Gasteiger partial charge >= 0.3 is 5.97 Å².